The van der Waals surface area contributed by atoms with Crippen molar-refractivity contribution in [1.82, 2.24) is 5.43 Å². The molecule has 0 bridgehead atoms. The molecule has 1 fully saturated rings. The topological polar surface area (TPSA) is 60.4 Å². The first-order chi connectivity index (χ1) is 8.22. The van der Waals surface area contributed by atoms with Crippen molar-refractivity contribution in [2.24, 2.45) is 11.8 Å². The number of methoxy groups -OCH3 is 1. The molecule has 1 heterocycles. The number of nitrogens with one attached hydrogen (secondary N) is 1. The number of nitrogens with two attached hydrogens (primary N) is 1. The van der Waals surface area contributed by atoms with E-state index in [0.29, 0.717) is 0 Å². The molecule has 4 heteroatoms. The molecule has 0 amide bonds. The van der Waals surface area contributed by atoms with Gasteiger partial charge in [-0.15, -0.1) is 0 Å². The normalized spacial score (nSPS) is 31.4. The van der Waals surface area contributed by atoms with E-state index in [4.69, 9.17) is 15.0 Å². The molecular weight excluding hydrogens is 216 g/mol. The van der Waals surface area contributed by atoms with Crippen molar-refractivity contribution in [1.29, 1.82) is 0 Å². The number of hydrogen-bond acceptors (Lipinski definition) is 4. The largest absolute Gasteiger partial charge is 0.468 e. The van der Waals surface area contributed by atoms with E-state index >= 15 is 0 Å². The van der Waals surface area contributed by atoms with Gasteiger partial charge in [-0.25, -0.2) is 5.43 Å². The quantitative estimate of drug-likeness (QED) is 0.624. The summed E-state index contributed by atoms with van der Waals surface area (Å²) in [6.45, 7) is 2.29. The Balaban J connectivity index is 2.21. The van der Waals surface area contributed by atoms with Gasteiger partial charge in [0.25, 0.3) is 0 Å². The van der Waals surface area contributed by atoms with Crippen molar-refractivity contribution in [2.45, 2.75) is 44.2 Å². The van der Waals surface area contributed by atoms with Gasteiger partial charge in [-0.05, 0) is 43.7 Å². The summed E-state index contributed by atoms with van der Waals surface area (Å²) in [6, 6.07) is 3.76. The maximum atomic E-state index is 5.80. The number of ether oxygens (including phenoxy) is 1. The summed E-state index contributed by atoms with van der Waals surface area (Å²) >= 11 is 0. The molecule has 4 nitrogen and oxygen atoms in total. The monoisotopic (exact) mass is 238 g/mol. The molecule has 17 heavy (non-hydrogen) atoms. The third kappa shape index (κ3) is 2.39. The molecule has 1 unspecified atom stereocenters. The maximum Gasteiger partial charge on any atom is 0.124 e. The minimum absolute atomic E-state index is 0.0741. The van der Waals surface area contributed by atoms with E-state index in [-0.39, 0.29) is 11.6 Å². The first-order valence-corrected chi connectivity index (χ1v) is 6.26. The zero-order chi connectivity index (χ0) is 12.3. The van der Waals surface area contributed by atoms with Crippen LogP contribution in [0.15, 0.2) is 22.8 Å². The Hall–Kier alpha value is -0.840. The van der Waals surface area contributed by atoms with E-state index in [0.717, 1.165) is 24.5 Å². The van der Waals surface area contributed by atoms with Gasteiger partial charge in [0, 0.05) is 7.11 Å². The van der Waals surface area contributed by atoms with Crippen molar-refractivity contribution in [2.75, 3.05) is 7.11 Å². The zero-order valence-electron chi connectivity index (χ0n) is 10.6. The Morgan fingerprint density at radius 1 is 1.53 bits per heavy atom. The molecule has 0 aliphatic heterocycles. The van der Waals surface area contributed by atoms with E-state index in [2.05, 4.69) is 12.3 Å². The van der Waals surface area contributed by atoms with Crippen LogP contribution in [0.25, 0.3) is 0 Å². The molecule has 1 atom stereocenters. The molecular formula is C13H22N2O2. The number of hydrazine groups is 1. The van der Waals surface area contributed by atoms with E-state index in [1.165, 1.54) is 12.8 Å². The molecule has 2 rings (SSSR count). The van der Waals surface area contributed by atoms with Gasteiger partial charge in [-0.2, -0.15) is 0 Å². The average Bonchev–Trinajstić information content (AvgIpc) is 2.86. The highest BCUT2D eigenvalue weighted by molar-refractivity contribution is 5.11. The van der Waals surface area contributed by atoms with Gasteiger partial charge in [-0.1, -0.05) is 6.92 Å². The molecule has 0 aromatic carbocycles. The zero-order valence-corrected chi connectivity index (χ0v) is 10.6. The lowest BCUT2D eigenvalue weighted by atomic mass is 9.75. The predicted octanol–water partition coefficient (Wildman–Crippen LogP) is 2.38. The molecule has 1 saturated carbocycles. The molecule has 1 aliphatic carbocycles. The highest BCUT2D eigenvalue weighted by Crippen LogP contribution is 2.42. The van der Waals surface area contributed by atoms with E-state index in [1.54, 1.807) is 13.4 Å². The summed E-state index contributed by atoms with van der Waals surface area (Å²) in [5, 5.41) is 0. The van der Waals surface area contributed by atoms with Crippen LogP contribution in [0.2, 0.25) is 0 Å². The van der Waals surface area contributed by atoms with Crippen LogP contribution in [0, 0.1) is 5.92 Å². The van der Waals surface area contributed by atoms with Gasteiger partial charge in [0.1, 0.15) is 11.8 Å². The minimum Gasteiger partial charge on any atom is -0.468 e. The highest BCUT2D eigenvalue weighted by Gasteiger charge is 2.43. The van der Waals surface area contributed by atoms with Crippen LogP contribution >= 0.6 is 0 Å². The summed E-state index contributed by atoms with van der Waals surface area (Å²) in [4.78, 5) is 0. The molecule has 0 radical (unpaired) electrons. The standard InChI is InChI=1S/C13H22N2O2/c1-10-5-7-13(16-2,8-6-10)12(15-14)11-4-3-9-17-11/h3-4,9-10,12,15H,5-8,14H2,1-2H3. The van der Waals surface area contributed by atoms with Gasteiger partial charge in [0.15, 0.2) is 0 Å². The van der Waals surface area contributed by atoms with Crippen molar-refractivity contribution in [3.63, 3.8) is 0 Å². The Bertz CT molecular complexity index is 329. The van der Waals surface area contributed by atoms with Crippen molar-refractivity contribution in [3.05, 3.63) is 24.2 Å². The van der Waals surface area contributed by atoms with Crippen molar-refractivity contribution < 1.29 is 9.15 Å². The van der Waals surface area contributed by atoms with Gasteiger partial charge < -0.3 is 9.15 Å². The molecule has 1 aromatic heterocycles. The van der Waals surface area contributed by atoms with Crippen LogP contribution < -0.4 is 11.3 Å². The fraction of sp³-hybridized carbons (Fsp3) is 0.692. The minimum atomic E-state index is -0.237. The second kappa shape index (κ2) is 5.21. The molecule has 0 spiro atoms. The van der Waals surface area contributed by atoms with Crippen LogP contribution in [0.4, 0.5) is 0 Å². The fourth-order valence-corrected chi connectivity index (χ4v) is 2.81. The summed E-state index contributed by atoms with van der Waals surface area (Å²) < 4.78 is 11.3. The van der Waals surface area contributed by atoms with Crippen LogP contribution in [-0.2, 0) is 4.74 Å². The predicted molar refractivity (Wildman–Crippen MR) is 66.1 cm³/mol. The summed E-state index contributed by atoms with van der Waals surface area (Å²) in [7, 11) is 1.77. The SMILES string of the molecule is COC1(C(NN)c2ccco2)CCC(C)CC1. The summed E-state index contributed by atoms with van der Waals surface area (Å²) in [6.07, 6.45) is 6.05. The van der Waals surface area contributed by atoms with Crippen molar-refractivity contribution in [3.8, 4) is 0 Å². The maximum absolute atomic E-state index is 5.80. The highest BCUT2D eigenvalue weighted by atomic mass is 16.5. The molecule has 96 valence electrons. The molecule has 3 N–H and O–H groups in total. The smallest absolute Gasteiger partial charge is 0.124 e. The van der Waals surface area contributed by atoms with Gasteiger partial charge in [-0.3, -0.25) is 5.84 Å². The van der Waals surface area contributed by atoms with Gasteiger partial charge >= 0.3 is 0 Å². The van der Waals surface area contributed by atoms with Crippen LogP contribution in [0.3, 0.4) is 0 Å². The Labute approximate surface area is 102 Å². The summed E-state index contributed by atoms with van der Waals surface area (Å²) in [5.41, 5.74) is 2.63. The van der Waals surface area contributed by atoms with Crippen LogP contribution in [-0.4, -0.2) is 12.7 Å². The lowest BCUT2D eigenvalue weighted by molar-refractivity contribution is -0.0804. The fourth-order valence-electron chi connectivity index (χ4n) is 2.81. The summed E-state index contributed by atoms with van der Waals surface area (Å²) in [5.74, 6) is 7.32. The first-order valence-electron chi connectivity index (χ1n) is 6.26. The Morgan fingerprint density at radius 2 is 2.24 bits per heavy atom. The third-order valence-electron chi connectivity index (χ3n) is 4.05. The molecule has 1 aliphatic rings. The lowest BCUT2D eigenvalue weighted by Gasteiger charge is -2.42. The average molecular weight is 238 g/mol. The van der Waals surface area contributed by atoms with Crippen molar-refractivity contribution >= 4 is 0 Å². The van der Waals surface area contributed by atoms with Gasteiger partial charge in [0.05, 0.1) is 11.9 Å². The third-order valence-corrected chi connectivity index (χ3v) is 4.05. The lowest BCUT2D eigenvalue weighted by Crippen LogP contribution is -2.49. The first kappa shape index (κ1) is 12.6. The van der Waals surface area contributed by atoms with Crippen LogP contribution in [0.5, 0.6) is 0 Å². The molecule has 1 aromatic rings. The van der Waals surface area contributed by atoms with Gasteiger partial charge in [0.2, 0.25) is 0 Å². The number of hydrogen-bond donors (Lipinski definition) is 2. The second-order valence-corrected chi connectivity index (χ2v) is 5.07. The van der Waals surface area contributed by atoms with E-state index < -0.39 is 0 Å². The second-order valence-electron chi connectivity index (χ2n) is 5.07. The number of furan rings is 1. The molecule has 0 saturated heterocycles. The van der Waals surface area contributed by atoms with E-state index in [1.807, 2.05) is 12.1 Å². The number of rotatable bonds is 4. The van der Waals surface area contributed by atoms with E-state index in [9.17, 15) is 0 Å². The Kier molecular flexibility index (Phi) is 3.86. The Morgan fingerprint density at radius 3 is 2.71 bits per heavy atom. The van der Waals surface area contributed by atoms with Crippen LogP contribution in [0.1, 0.15) is 44.4 Å².